The summed E-state index contributed by atoms with van der Waals surface area (Å²) in [5, 5.41) is 0. The third-order valence-electron chi connectivity index (χ3n) is 4.15. The van der Waals surface area contributed by atoms with Gasteiger partial charge in [0.05, 0.1) is 10.9 Å². The first-order valence-corrected chi connectivity index (χ1v) is 9.70. The van der Waals surface area contributed by atoms with E-state index in [-0.39, 0.29) is 23.5 Å². The van der Waals surface area contributed by atoms with Crippen LogP contribution in [0, 0.1) is 0 Å². The summed E-state index contributed by atoms with van der Waals surface area (Å²) in [7, 11) is -3.30. The van der Waals surface area contributed by atoms with Gasteiger partial charge in [0.25, 0.3) is 5.91 Å². The summed E-state index contributed by atoms with van der Waals surface area (Å²) in [6, 6.07) is 10.2. The standard InChI is InChI=1S/C17H20N2O4S/c1-24(21,22)14-6-2-5-13(11-14)23-12-17(20)19-10-4-8-16(19)15-7-3-9-18-15/h2-3,5-7,9,11,16,18H,4,8,10,12H2,1H3/t16-/m0/s1. The number of nitrogens with zero attached hydrogens (tertiary/aromatic N) is 1. The molecule has 128 valence electrons. The molecule has 0 spiro atoms. The number of amides is 1. The van der Waals surface area contributed by atoms with E-state index in [9.17, 15) is 13.2 Å². The van der Waals surface area contributed by atoms with Crippen molar-refractivity contribution < 1.29 is 17.9 Å². The van der Waals surface area contributed by atoms with Crippen molar-refractivity contribution in [3.8, 4) is 5.75 Å². The predicted molar refractivity (Wildman–Crippen MR) is 89.5 cm³/mol. The largest absolute Gasteiger partial charge is 0.484 e. The molecule has 1 saturated heterocycles. The van der Waals surface area contributed by atoms with Crippen LogP contribution in [-0.4, -0.2) is 43.6 Å². The highest BCUT2D eigenvalue weighted by molar-refractivity contribution is 7.90. The topological polar surface area (TPSA) is 79.5 Å². The molecule has 0 bridgehead atoms. The molecular weight excluding hydrogens is 328 g/mol. The highest BCUT2D eigenvalue weighted by Gasteiger charge is 2.30. The smallest absolute Gasteiger partial charge is 0.261 e. The summed E-state index contributed by atoms with van der Waals surface area (Å²) in [4.78, 5) is 17.6. The first kappa shape index (κ1) is 16.6. The molecule has 2 heterocycles. The second-order valence-electron chi connectivity index (χ2n) is 5.91. The number of hydrogen-bond donors (Lipinski definition) is 1. The summed E-state index contributed by atoms with van der Waals surface area (Å²) in [6.45, 7) is 0.597. The van der Waals surface area contributed by atoms with Gasteiger partial charge in [-0.1, -0.05) is 6.07 Å². The number of aromatic nitrogens is 1. The number of rotatable bonds is 5. The zero-order valence-corrected chi connectivity index (χ0v) is 14.3. The van der Waals surface area contributed by atoms with Crippen LogP contribution >= 0.6 is 0 Å². The molecule has 1 atom stereocenters. The van der Waals surface area contributed by atoms with Crippen molar-refractivity contribution in [2.45, 2.75) is 23.8 Å². The predicted octanol–water partition coefficient (Wildman–Crippen LogP) is 2.16. The van der Waals surface area contributed by atoms with Crippen LogP contribution in [0.5, 0.6) is 5.75 Å². The molecule has 0 radical (unpaired) electrons. The van der Waals surface area contributed by atoms with Gasteiger partial charge in [-0.25, -0.2) is 8.42 Å². The summed E-state index contributed by atoms with van der Waals surface area (Å²) in [6.07, 6.45) is 4.88. The summed E-state index contributed by atoms with van der Waals surface area (Å²) >= 11 is 0. The lowest BCUT2D eigenvalue weighted by Gasteiger charge is -2.24. The Hall–Kier alpha value is -2.28. The Bertz CT molecular complexity index is 815. The molecular formula is C17H20N2O4S. The van der Waals surface area contributed by atoms with Crippen molar-refractivity contribution in [1.82, 2.24) is 9.88 Å². The third-order valence-corrected chi connectivity index (χ3v) is 5.26. The minimum atomic E-state index is -3.30. The summed E-state index contributed by atoms with van der Waals surface area (Å²) < 4.78 is 28.7. The molecule has 1 N–H and O–H groups in total. The maximum Gasteiger partial charge on any atom is 0.261 e. The van der Waals surface area contributed by atoms with Gasteiger partial charge in [0.2, 0.25) is 0 Å². The van der Waals surface area contributed by atoms with Gasteiger partial charge < -0.3 is 14.6 Å². The van der Waals surface area contributed by atoms with E-state index in [2.05, 4.69) is 4.98 Å². The zero-order valence-electron chi connectivity index (χ0n) is 13.4. The van der Waals surface area contributed by atoms with Gasteiger partial charge >= 0.3 is 0 Å². The molecule has 1 aliphatic rings. The van der Waals surface area contributed by atoms with Gasteiger partial charge in [-0.15, -0.1) is 0 Å². The second-order valence-corrected chi connectivity index (χ2v) is 7.92. The molecule has 1 fully saturated rings. The molecule has 0 unspecified atom stereocenters. The number of ether oxygens (including phenoxy) is 1. The molecule has 1 aliphatic heterocycles. The van der Waals surface area contributed by atoms with Crippen LogP contribution in [0.1, 0.15) is 24.6 Å². The van der Waals surface area contributed by atoms with Crippen LogP contribution < -0.4 is 4.74 Å². The number of sulfone groups is 1. The average Bonchev–Trinajstić information content (AvgIpc) is 3.22. The first-order chi connectivity index (χ1) is 11.4. The van der Waals surface area contributed by atoms with Crippen molar-refractivity contribution in [3.63, 3.8) is 0 Å². The van der Waals surface area contributed by atoms with Crippen LogP contribution in [-0.2, 0) is 14.6 Å². The number of benzene rings is 1. The van der Waals surface area contributed by atoms with E-state index >= 15 is 0 Å². The SMILES string of the molecule is CS(=O)(=O)c1cccc(OCC(=O)N2CCC[C@H]2c2ccc[nH]2)c1. The lowest BCUT2D eigenvalue weighted by molar-refractivity contribution is -0.134. The third kappa shape index (κ3) is 3.62. The van der Waals surface area contributed by atoms with E-state index in [1.54, 1.807) is 12.1 Å². The van der Waals surface area contributed by atoms with Gasteiger partial charge in [-0.3, -0.25) is 4.79 Å². The van der Waals surface area contributed by atoms with Crippen molar-refractivity contribution >= 4 is 15.7 Å². The number of nitrogens with one attached hydrogen (secondary N) is 1. The van der Waals surface area contributed by atoms with E-state index in [1.165, 1.54) is 12.1 Å². The van der Waals surface area contributed by atoms with Crippen LogP contribution in [0.4, 0.5) is 0 Å². The highest BCUT2D eigenvalue weighted by atomic mass is 32.2. The number of aromatic amines is 1. The van der Waals surface area contributed by atoms with Gasteiger partial charge in [-0.2, -0.15) is 0 Å². The Morgan fingerprint density at radius 1 is 1.33 bits per heavy atom. The van der Waals surface area contributed by atoms with Crippen molar-refractivity contribution in [2.24, 2.45) is 0 Å². The van der Waals surface area contributed by atoms with Crippen LogP contribution in [0.25, 0.3) is 0 Å². The number of hydrogen-bond acceptors (Lipinski definition) is 4. The van der Waals surface area contributed by atoms with Gasteiger partial charge in [-0.05, 0) is 43.2 Å². The van der Waals surface area contributed by atoms with Gasteiger partial charge in [0.1, 0.15) is 5.75 Å². The summed E-state index contributed by atoms with van der Waals surface area (Å²) in [5.41, 5.74) is 1.03. The van der Waals surface area contributed by atoms with E-state index < -0.39 is 9.84 Å². The molecule has 24 heavy (non-hydrogen) atoms. The normalized spacial score (nSPS) is 17.9. The van der Waals surface area contributed by atoms with Crippen LogP contribution in [0.2, 0.25) is 0 Å². The van der Waals surface area contributed by atoms with Gasteiger partial charge in [0.15, 0.2) is 16.4 Å². The van der Waals surface area contributed by atoms with Crippen molar-refractivity contribution in [1.29, 1.82) is 0 Å². The van der Waals surface area contributed by atoms with E-state index in [1.807, 2.05) is 23.2 Å². The number of H-pyrrole nitrogens is 1. The van der Waals surface area contributed by atoms with E-state index in [4.69, 9.17) is 4.74 Å². The van der Waals surface area contributed by atoms with Crippen LogP contribution in [0.3, 0.4) is 0 Å². The first-order valence-electron chi connectivity index (χ1n) is 7.81. The molecule has 1 amide bonds. The lowest BCUT2D eigenvalue weighted by Crippen LogP contribution is -2.34. The Morgan fingerprint density at radius 3 is 2.88 bits per heavy atom. The Labute approximate surface area is 141 Å². The second kappa shape index (κ2) is 6.68. The van der Waals surface area contributed by atoms with Crippen molar-refractivity contribution in [2.75, 3.05) is 19.4 Å². The molecule has 3 rings (SSSR count). The molecule has 1 aromatic carbocycles. The Morgan fingerprint density at radius 2 is 2.17 bits per heavy atom. The molecule has 2 aromatic rings. The highest BCUT2D eigenvalue weighted by Crippen LogP contribution is 2.31. The van der Waals surface area contributed by atoms with Gasteiger partial charge in [0, 0.05) is 24.7 Å². The maximum atomic E-state index is 12.5. The fourth-order valence-electron chi connectivity index (χ4n) is 2.96. The number of carbonyl (C=O) groups is 1. The summed E-state index contributed by atoms with van der Waals surface area (Å²) in [5.74, 6) is 0.277. The number of carbonyl (C=O) groups excluding carboxylic acids is 1. The van der Waals surface area contributed by atoms with Crippen molar-refractivity contribution in [3.05, 3.63) is 48.3 Å². The molecule has 7 heteroatoms. The monoisotopic (exact) mass is 348 g/mol. The zero-order chi connectivity index (χ0) is 17.2. The number of likely N-dealkylation sites (tertiary alicyclic amines) is 1. The van der Waals surface area contributed by atoms with E-state index in [0.717, 1.165) is 24.8 Å². The molecule has 0 saturated carbocycles. The molecule has 0 aliphatic carbocycles. The fraction of sp³-hybridized carbons (Fsp3) is 0.353. The Balaban J connectivity index is 1.65. The quantitative estimate of drug-likeness (QED) is 0.898. The minimum Gasteiger partial charge on any atom is -0.484 e. The Kier molecular flexibility index (Phi) is 4.62. The average molecular weight is 348 g/mol. The maximum absolute atomic E-state index is 12.5. The fourth-order valence-corrected chi connectivity index (χ4v) is 3.62. The minimum absolute atomic E-state index is 0.0541. The lowest BCUT2D eigenvalue weighted by atomic mass is 10.1. The van der Waals surface area contributed by atoms with E-state index in [0.29, 0.717) is 12.3 Å². The van der Waals surface area contributed by atoms with Crippen LogP contribution in [0.15, 0.2) is 47.5 Å². The molecule has 1 aromatic heterocycles. The molecule has 6 nitrogen and oxygen atoms in total.